The van der Waals surface area contributed by atoms with Gasteiger partial charge in [-0.25, -0.2) is 0 Å². The van der Waals surface area contributed by atoms with Gasteiger partial charge in [0.05, 0.1) is 11.9 Å². The van der Waals surface area contributed by atoms with E-state index in [9.17, 15) is 9.59 Å². The van der Waals surface area contributed by atoms with Crippen molar-refractivity contribution in [2.45, 2.75) is 20.0 Å². The minimum atomic E-state index is -0.358. The molecule has 0 atom stereocenters. The number of amides is 1. The summed E-state index contributed by atoms with van der Waals surface area (Å²) in [5.74, 6) is -0.544. The number of rotatable bonds is 6. The first-order valence-corrected chi connectivity index (χ1v) is 8.47. The van der Waals surface area contributed by atoms with Gasteiger partial charge in [-0.3, -0.25) is 14.6 Å². The molecule has 0 aliphatic heterocycles. The molecule has 1 heterocycles. The molecule has 3 rings (SSSR count). The van der Waals surface area contributed by atoms with Gasteiger partial charge in [-0.05, 0) is 24.6 Å². The van der Waals surface area contributed by atoms with Crippen molar-refractivity contribution < 1.29 is 14.3 Å². The molecule has 5 heteroatoms. The van der Waals surface area contributed by atoms with Crippen molar-refractivity contribution in [2.75, 3.05) is 6.54 Å². The number of carbonyl (C=O) groups excluding carboxylic acids is 2. The second kappa shape index (κ2) is 8.25. The summed E-state index contributed by atoms with van der Waals surface area (Å²) in [7, 11) is 0. The maximum atomic E-state index is 12.1. The normalized spacial score (nSPS) is 10.5. The fourth-order valence-electron chi connectivity index (χ4n) is 2.72. The number of hydrogen-bond donors (Lipinski definition) is 1. The van der Waals surface area contributed by atoms with E-state index in [1.165, 1.54) is 0 Å². The predicted molar refractivity (Wildman–Crippen MR) is 99.7 cm³/mol. The lowest BCUT2D eigenvalue weighted by molar-refractivity contribution is -0.144. The Labute approximate surface area is 152 Å². The molecule has 1 aromatic heterocycles. The summed E-state index contributed by atoms with van der Waals surface area (Å²) in [4.78, 5) is 28.4. The van der Waals surface area contributed by atoms with Gasteiger partial charge in [0, 0.05) is 29.3 Å². The molecule has 0 spiro atoms. The largest absolute Gasteiger partial charge is 0.461 e. The standard InChI is InChI=1S/C21H20N2O3/c1-15-6-2-3-10-18(15)21(25)23-13-11-19(24)26-14-17-8-4-7-16-9-5-12-22-20(16)17/h2-10,12H,11,13-14H2,1H3,(H,23,25). The van der Waals surface area contributed by atoms with E-state index in [2.05, 4.69) is 10.3 Å². The number of pyridine rings is 1. The number of aromatic nitrogens is 1. The molecule has 26 heavy (non-hydrogen) atoms. The SMILES string of the molecule is Cc1ccccc1C(=O)NCCC(=O)OCc1cccc2cccnc12. The number of nitrogens with zero attached hydrogens (tertiary/aromatic N) is 1. The molecule has 0 radical (unpaired) electrons. The van der Waals surface area contributed by atoms with Gasteiger partial charge >= 0.3 is 5.97 Å². The smallest absolute Gasteiger partial charge is 0.307 e. The summed E-state index contributed by atoms with van der Waals surface area (Å²) in [5.41, 5.74) is 3.20. The van der Waals surface area contributed by atoms with Crippen LogP contribution in [0.4, 0.5) is 0 Å². The van der Waals surface area contributed by atoms with Crippen LogP contribution in [0.1, 0.15) is 27.9 Å². The van der Waals surface area contributed by atoms with Crippen LogP contribution in [0.15, 0.2) is 60.8 Å². The van der Waals surface area contributed by atoms with Crippen LogP contribution in [0.3, 0.4) is 0 Å². The first-order valence-electron chi connectivity index (χ1n) is 8.47. The number of carbonyl (C=O) groups is 2. The van der Waals surface area contributed by atoms with E-state index < -0.39 is 0 Å². The maximum absolute atomic E-state index is 12.1. The molecule has 0 aliphatic carbocycles. The van der Waals surface area contributed by atoms with E-state index in [0.29, 0.717) is 5.56 Å². The number of nitrogens with one attached hydrogen (secondary N) is 1. The molecule has 1 amide bonds. The molecule has 1 N–H and O–H groups in total. The summed E-state index contributed by atoms with van der Waals surface area (Å²) in [5, 5.41) is 3.75. The van der Waals surface area contributed by atoms with Gasteiger partial charge in [-0.2, -0.15) is 0 Å². The van der Waals surface area contributed by atoms with E-state index in [-0.39, 0.29) is 31.4 Å². The summed E-state index contributed by atoms with van der Waals surface area (Å²) in [6, 6.07) is 16.9. The van der Waals surface area contributed by atoms with Crippen molar-refractivity contribution in [1.82, 2.24) is 10.3 Å². The minimum absolute atomic E-state index is 0.121. The van der Waals surface area contributed by atoms with Crippen LogP contribution in [0, 0.1) is 6.92 Å². The molecular formula is C21H20N2O3. The highest BCUT2D eigenvalue weighted by Gasteiger charge is 2.10. The molecule has 0 saturated heterocycles. The zero-order valence-electron chi connectivity index (χ0n) is 14.6. The van der Waals surface area contributed by atoms with Gasteiger partial charge < -0.3 is 10.1 Å². The third-order valence-electron chi connectivity index (χ3n) is 4.11. The Morgan fingerprint density at radius 1 is 1.04 bits per heavy atom. The van der Waals surface area contributed by atoms with E-state index in [4.69, 9.17) is 4.74 Å². The van der Waals surface area contributed by atoms with Gasteiger partial charge in [0.2, 0.25) is 0 Å². The molecule has 0 saturated carbocycles. The van der Waals surface area contributed by atoms with Crippen LogP contribution in [0.25, 0.3) is 10.9 Å². The zero-order chi connectivity index (χ0) is 18.4. The first kappa shape index (κ1) is 17.6. The summed E-state index contributed by atoms with van der Waals surface area (Å²) in [6.07, 6.45) is 1.84. The zero-order valence-corrected chi connectivity index (χ0v) is 14.6. The Hall–Kier alpha value is -3.21. The van der Waals surface area contributed by atoms with Crippen LogP contribution in [0.2, 0.25) is 0 Å². The highest BCUT2D eigenvalue weighted by Crippen LogP contribution is 2.16. The van der Waals surface area contributed by atoms with Crippen molar-refractivity contribution in [3.8, 4) is 0 Å². The van der Waals surface area contributed by atoms with Crippen molar-refractivity contribution in [2.24, 2.45) is 0 Å². The maximum Gasteiger partial charge on any atom is 0.307 e. The summed E-state index contributed by atoms with van der Waals surface area (Å²) >= 11 is 0. The molecule has 132 valence electrons. The van der Waals surface area contributed by atoms with Crippen molar-refractivity contribution in [3.63, 3.8) is 0 Å². The topological polar surface area (TPSA) is 68.3 Å². The minimum Gasteiger partial charge on any atom is -0.461 e. The average molecular weight is 348 g/mol. The lowest BCUT2D eigenvalue weighted by Crippen LogP contribution is -2.27. The molecule has 5 nitrogen and oxygen atoms in total. The molecule has 0 fully saturated rings. The van der Waals surface area contributed by atoms with Gasteiger partial charge in [0.15, 0.2) is 0 Å². The number of esters is 1. The molecule has 0 unspecified atom stereocenters. The number of fused-ring (bicyclic) bond motifs is 1. The predicted octanol–water partition coefficient (Wildman–Crippen LogP) is 3.41. The van der Waals surface area contributed by atoms with E-state index in [0.717, 1.165) is 22.0 Å². The monoisotopic (exact) mass is 348 g/mol. The summed E-state index contributed by atoms with van der Waals surface area (Å²) < 4.78 is 5.32. The van der Waals surface area contributed by atoms with Crippen LogP contribution in [-0.2, 0) is 16.1 Å². The van der Waals surface area contributed by atoms with Gasteiger partial charge in [-0.1, -0.05) is 42.5 Å². The third kappa shape index (κ3) is 4.25. The van der Waals surface area contributed by atoms with Crippen LogP contribution in [0.5, 0.6) is 0 Å². The Bertz CT molecular complexity index is 932. The number of aryl methyl sites for hydroxylation is 1. The average Bonchev–Trinajstić information content (AvgIpc) is 2.66. The molecule has 0 aliphatic rings. The van der Waals surface area contributed by atoms with Crippen molar-refractivity contribution in [1.29, 1.82) is 0 Å². The van der Waals surface area contributed by atoms with Gasteiger partial charge in [-0.15, -0.1) is 0 Å². The molecular weight excluding hydrogens is 328 g/mol. The summed E-state index contributed by atoms with van der Waals surface area (Å²) in [6.45, 7) is 2.28. The highest BCUT2D eigenvalue weighted by molar-refractivity contribution is 5.95. The Kier molecular flexibility index (Phi) is 5.59. The van der Waals surface area contributed by atoms with Gasteiger partial charge in [0.1, 0.15) is 6.61 Å². The Morgan fingerprint density at radius 2 is 1.85 bits per heavy atom. The molecule has 3 aromatic rings. The fraction of sp³-hybridized carbons (Fsp3) is 0.190. The van der Waals surface area contributed by atoms with E-state index in [1.54, 1.807) is 12.3 Å². The second-order valence-corrected chi connectivity index (χ2v) is 5.97. The number of ether oxygens (including phenoxy) is 1. The Morgan fingerprint density at radius 3 is 2.69 bits per heavy atom. The first-order chi connectivity index (χ1) is 12.6. The third-order valence-corrected chi connectivity index (χ3v) is 4.11. The van der Waals surface area contributed by atoms with Crippen molar-refractivity contribution in [3.05, 3.63) is 77.5 Å². The fourth-order valence-corrected chi connectivity index (χ4v) is 2.72. The number of para-hydroxylation sites is 1. The van der Waals surface area contributed by atoms with Crippen molar-refractivity contribution >= 4 is 22.8 Å². The quantitative estimate of drug-likeness (QED) is 0.693. The number of benzene rings is 2. The lowest BCUT2D eigenvalue weighted by atomic mass is 10.1. The van der Waals surface area contributed by atoms with Crippen LogP contribution in [-0.4, -0.2) is 23.4 Å². The lowest BCUT2D eigenvalue weighted by Gasteiger charge is -2.09. The van der Waals surface area contributed by atoms with Crippen LogP contribution < -0.4 is 5.32 Å². The highest BCUT2D eigenvalue weighted by atomic mass is 16.5. The van der Waals surface area contributed by atoms with Gasteiger partial charge in [0.25, 0.3) is 5.91 Å². The van der Waals surface area contributed by atoms with Crippen LogP contribution >= 0.6 is 0 Å². The molecule has 0 bridgehead atoms. The molecule has 2 aromatic carbocycles. The van der Waals surface area contributed by atoms with E-state index in [1.807, 2.05) is 55.5 Å². The number of hydrogen-bond acceptors (Lipinski definition) is 4. The van der Waals surface area contributed by atoms with E-state index >= 15 is 0 Å². The second-order valence-electron chi connectivity index (χ2n) is 5.97. The Balaban J connectivity index is 1.49.